The van der Waals surface area contributed by atoms with Gasteiger partial charge >= 0.3 is 18.2 Å². The molecule has 2 aromatic heterocycles. The Morgan fingerprint density at radius 2 is 1.28 bits per heavy atom. The Morgan fingerprint density at radius 3 is 1.72 bits per heavy atom. The SMILES string of the molecule is CO/N=C(\C(=O)N[C@@H]1C(=O)N2C(C(=O)O)=C(COC(=O)NC(=O)C3=C(COC(N)=O)CS[C@@H]4[C@H](NC(=O)/C(=N\OC)c5ccco5)C(=O)N34)CS[C@H]12)c1ccco1. The topological polar surface area (TPSA) is 313 Å². The smallest absolute Gasteiger partial charge is 0.414 e. The molecule has 25 heteroatoms. The van der Waals surface area contributed by atoms with Gasteiger partial charge in [0.15, 0.2) is 11.5 Å². The fraction of sp³-hybridized carbons (Fsp3) is 0.312. The molecule has 0 saturated carbocycles. The van der Waals surface area contributed by atoms with Crippen LogP contribution >= 0.6 is 23.5 Å². The van der Waals surface area contributed by atoms with Gasteiger partial charge in [0.2, 0.25) is 11.4 Å². The molecule has 2 fully saturated rings. The van der Waals surface area contributed by atoms with Crippen LogP contribution in [0.25, 0.3) is 0 Å². The third kappa shape index (κ3) is 7.99. The number of aliphatic carboxylic acids is 1. The van der Waals surface area contributed by atoms with Crippen LogP contribution in [0.1, 0.15) is 11.5 Å². The van der Waals surface area contributed by atoms with Crippen LogP contribution in [0.2, 0.25) is 0 Å². The van der Waals surface area contributed by atoms with Gasteiger partial charge < -0.3 is 49.5 Å². The summed E-state index contributed by atoms with van der Waals surface area (Å²) in [7, 11) is 2.41. The minimum atomic E-state index is -1.52. The number of hydrogen-bond acceptors (Lipinski definition) is 18. The number of β-lactam (4-membered cyclic amide) rings is 2. The maximum atomic E-state index is 13.5. The van der Waals surface area contributed by atoms with E-state index < -0.39 is 89.4 Å². The number of carbonyl (C=O) groups is 8. The molecule has 4 aliphatic rings. The van der Waals surface area contributed by atoms with E-state index in [1.165, 1.54) is 51.0 Å². The Kier molecular flexibility index (Phi) is 11.9. The molecule has 0 radical (unpaired) electrons. The van der Waals surface area contributed by atoms with Crippen LogP contribution in [0.5, 0.6) is 0 Å². The number of nitrogens with one attached hydrogen (secondary N) is 3. The number of furan rings is 2. The first-order valence-corrected chi connectivity index (χ1v) is 18.3. The molecule has 0 bridgehead atoms. The van der Waals surface area contributed by atoms with E-state index in [1.54, 1.807) is 0 Å². The van der Waals surface area contributed by atoms with Crippen LogP contribution in [0, 0.1) is 0 Å². The number of carboxylic acid groups (broad SMARTS) is 1. The minimum Gasteiger partial charge on any atom is -0.477 e. The minimum absolute atomic E-state index is 0.00646. The molecular formula is C32H30N8O15S2. The average Bonchev–Trinajstić information content (AvgIpc) is 3.93. The van der Waals surface area contributed by atoms with E-state index in [9.17, 15) is 43.5 Å². The number of alkyl carbamates (subject to hydrolysis) is 1. The third-order valence-electron chi connectivity index (χ3n) is 8.37. The molecule has 4 atom stereocenters. The number of ether oxygens (including phenoxy) is 2. The fourth-order valence-corrected chi connectivity index (χ4v) is 8.58. The Labute approximate surface area is 327 Å². The summed E-state index contributed by atoms with van der Waals surface area (Å²) in [5, 5.41) is 22.6. The van der Waals surface area contributed by atoms with E-state index in [-0.39, 0.29) is 51.3 Å². The lowest BCUT2D eigenvalue weighted by Gasteiger charge is -2.49. The predicted molar refractivity (Wildman–Crippen MR) is 191 cm³/mol. The number of nitrogens with zero attached hydrogens (tertiary/aromatic N) is 4. The summed E-state index contributed by atoms with van der Waals surface area (Å²) in [6.45, 7) is -1.21. The molecule has 57 heavy (non-hydrogen) atoms. The summed E-state index contributed by atoms with van der Waals surface area (Å²) >= 11 is 2.18. The van der Waals surface area contributed by atoms with Gasteiger partial charge in [-0.05, 0) is 24.3 Å². The van der Waals surface area contributed by atoms with Gasteiger partial charge in [-0.25, -0.2) is 14.4 Å². The van der Waals surface area contributed by atoms with Gasteiger partial charge in [0.25, 0.3) is 29.5 Å². The number of amides is 7. The van der Waals surface area contributed by atoms with E-state index in [0.29, 0.717) is 0 Å². The zero-order valence-electron chi connectivity index (χ0n) is 29.4. The van der Waals surface area contributed by atoms with Crippen molar-refractivity contribution in [2.75, 3.05) is 38.9 Å². The molecule has 0 unspecified atom stereocenters. The monoisotopic (exact) mass is 830 g/mol. The number of carbonyl (C=O) groups excluding carboxylic acids is 7. The highest BCUT2D eigenvalue weighted by Gasteiger charge is 2.56. The van der Waals surface area contributed by atoms with Crippen molar-refractivity contribution in [1.82, 2.24) is 25.8 Å². The summed E-state index contributed by atoms with van der Waals surface area (Å²) in [4.78, 5) is 114. The second kappa shape index (κ2) is 16.9. The van der Waals surface area contributed by atoms with Crippen molar-refractivity contribution in [3.05, 3.63) is 70.9 Å². The molecule has 4 aliphatic heterocycles. The lowest BCUT2D eigenvalue weighted by atomic mass is 10.0. The molecule has 6 heterocycles. The Morgan fingerprint density at radius 1 is 0.807 bits per heavy atom. The third-order valence-corrected chi connectivity index (χ3v) is 11.1. The van der Waals surface area contributed by atoms with E-state index in [4.69, 9.17) is 33.7 Å². The van der Waals surface area contributed by atoms with Gasteiger partial charge in [-0.15, -0.1) is 23.5 Å². The molecular weight excluding hydrogens is 801 g/mol. The number of rotatable bonds is 14. The van der Waals surface area contributed by atoms with Crippen molar-refractivity contribution in [1.29, 1.82) is 0 Å². The van der Waals surface area contributed by atoms with Gasteiger partial charge in [0, 0.05) is 22.7 Å². The molecule has 0 aliphatic carbocycles. The van der Waals surface area contributed by atoms with Crippen molar-refractivity contribution in [3.63, 3.8) is 0 Å². The number of carboxylic acids is 1. The second-order valence-electron chi connectivity index (χ2n) is 11.8. The molecule has 0 spiro atoms. The molecule has 0 aromatic carbocycles. The van der Waals surface area contributed by atoms with Crippen molar-refractivity contribution in [2.45, 2.75) is 22.8 Å². The lowest BCUT2D eigenvalue weighted by molar-refractivity contribution is -0.150. The lowest BCUT2D eigenvalue weighted by Crippen LogP contribution is -2.71. The summed E-state index contributed by atoms with van der Waals surface area (Å²) in [5.41, 5.74) is 3.78. The van der Waals surface area contributed by atoms with Crippen molar-refractivity contribution in [2.24, 2.45) is 16.0 Å². The van der Waals surface area contributed by atoms with E-state index in [0.717, 1.165) is 33.3 Å². The largest absolute Gasteiger partial charge is 0.477 e. The Bertz CT molecular complexity index is 2130. The summed E-state index contributed by atoms with van der Waals surface area (Å²) in [6.07, 6.45) is 0.0633. The number of primary amides is 1. The molecule has 300 valence electrons. The number of oxime groups is 2. The van der Waals surface area contributed by atoms with Crippen LogP contribution in [-0.4, -0.2) is 136 Å². The van der Waals surface area contributed by atoms with E-state index in [2.05, 4.69) is 20.9 Å². The maximum Gasteiger partial charge on any atom is 0.414 e. The number of fused-ring (bicyclic) bond motifs is 2. The Balaban J connectivity index is 1.11. The summed E-state index contributed by atoms with van der Waals surface area (Å²) in [6, 6.07) is 3.60. The van der Waals surface area contributed by atoms with Crippen molar-refractivity contribution in [3.8, 4) is 0 Å². The number of thioether (sulfide) groups is 2. The normalized spacial score (nSPS) is 21.6. The quantitative estimate of drug-likeness (QED) is 0.0867. The molecule has 6 N–H and O–H groups in total. The zero-order valence-corrected chi connectivity index (χ0v) is 31.1. The number of hydrogen-bond donors (Lipinski definition) is 5. The van der Waals surface area contributed by atoms with Crippen LogP contribution in [0.3, 0.4) is 0 Å². The highest BCUT2D eigenvalue weighted by molar-refractivity contribution is 8.00. The first-order valence-electron chi connectivity index (χ1n) is 16.2. The van der Waals surface area contributed by atoms with Crippen LogP contribution in [0.15, 0.2) is 78.5 Å². The van der Waals surface area contributed by atoms with E-state index in [1.807, 2.05) is 5.32 Å². The van der Waals surface area contributed by atoms with E-state index >= 15 is 0 Å². The first kappa shape index (κ1) is 39.9. The first-order chi connectivity index (χ1) is 27.4. The number of imide groups is 1. The van der Waals surface area contributed by atoms with Crippen LogP contribution in [-0.2, 0) is 47.9 Å². The fourth-order valence-electron chi connectivity index (χ4n) is 5.93. The van der Waals surface area contributed by atoms with Gasteiger partial charge in [-0.2, -0.15) is 0 Å². The van der Waals surface area contributed by atoms with Crippen LogP contribution in [0.4, 0.5) is 9.59 Å². The molecule has 2 aromatic rings. The highest BCUT2D eigenvalue weighted by Crippen LogP contribution is 2.42. The molecule has 23 nitrogen and oxygen atoms in total. The average molecular weight is 831 g/mol. The summed E-state index contributed by atoms with van der Waals surface area (Å²) < 4.78 is 20.4. The van der Waals surface area contributed by atoms with Gasteiger partial charge in [0.1, 0.15) is 61.7 Å². The summed E-state index contributed by atoms with van der Waals surface area (Å²) in [5.74, 6) is -5.83. The second-order valence-corrected chi connectivity index (χ2v) is 14.0. The zero-order chi connectivity index (χ0) is 41.0. The molecule has 2 saturated heterocycles. The number of nitrogens with two attached hydrogens (primary N) is 1. The Hall–Kier alpha value is -6.76. The highest BCUT2D eigenvalue weighted by atomic mass is 32.2. The van der Waals surface area contributed by atoms with Crippen LogP contribution < -0.4 is 21.7 Å². The standard InChI is InChI=1S/C32H30N8O15S2/c1-50-37-17(15-5-3-7-52-15)23(41)34-19-26(44)39-21(13(9-54-31(33)48)11-56-28(19)39)25(43)36-32(49)55-10-14-12-57-29-20(27(45)40(29)22(14)30(46)47)35-24(42)18(38-51-2)16-6-4-8-53-16/h3-8,19-20,28-29H,9-12H2,1-2H3,(H2,33,48)(H,34,41)(H,35,42)(H,46,47)(H,36,43,49)/b37-17-,38-18-/t19-,20-,28-,29-/m1/s1. The van der Waals surface area contributed by atoms with Crippen molar-refractivity contribution >= 4 is 82.6 Å². The maximum absolute atomic E-state index is 13.5. The molecule has 6 rings (SSSR count). The predicted octanol–water partition coefficient (Wildman–Crippen LogP) is -0.985. The molecule has 7 amide bonds. The van der Waals surface area contributed by atoms with Gasteiger partial charge in [-0.3, -0.25) is 39.1 Å². The van der Waals surface area contributed by atoms with Gasteiger partial charge in [-0.1, -0.05) is 10.3 Å². The van der Waals surface area contributed by atoms with Crippen molar-refractivity contribution < 1.29 is 71.4 Å². The van der Waals surface area contributed by atoms with Gasteiger partial charge in [0.05, 0.1) is 12.5 Å².